The number of hydrogen-bond donors (Lipinski definition) is 1. The molecule has 112 valence electrons. The fourth-order valence-corrected chi connectivity index (χ4v) is 2.58. The van der Waals surface area contributed by atoms with E-state index in [0.717, 1.165) is 22.1 Å². The van der Waals surface area contributed by atoms with Crippen molar-refractivity contribution in [1.29, 1.82) is 0 Å². The fourth-order valence-electron chi connectivity index (χ4n) is 2.28. The van der Waals surface area contributed by atoms with Gasteiger partial charge in [0.1, 0.15) is 5.58 Å². The zero-order chi connectivity index (χ0) is 15.7. The van der Waals surface area contributed by atoms with E-state index in [0.29, 0.717) is 15.7 Å². The van der Waals surface area contributed by atoms with Crippen molar-refractivity contribution in [2.75, 3.05) is 5.32 Å². The van der Waals surface area contributed by atoms with E-state index in [9.17, 15) is 4.79 Å². The van der Waals surface area contributed by atoms with E-state index in [-0.39, 0.29) is 12.3 Å². The van der Waals surface area contributed by atoms with Gasteiger partial charge in [-0.3, -0.25) is 4.79 Å². The maximum atomic E-state index is 12.2. The van der Waals surface area contributed by atoms with Gasteiger partial charge in [0.15, 0.2) is 0 Å². The number of halogens is 2. The average molecular weight is 334 g/mol. The van der Waals surface area contributed by atoms with Crippen LogP contribution in [0.15, 0.2) is 47.1 Å². The summed E-state index contributed by atoms with van der Waals surface area (Å²) in [6, 6.07) is 10.9. The first kappa shape index (κ1) is 14.9. The van der Waals surface area contributed by atoms with Crippen molar-refractivity contribution in [3.8, 4) is 0 Å². The van der Waals surface area contributed by atoms with E-state index in [1.54, 1.807) is 24.5 Å². The van der Waals surface area contributed by atoms with Crippen LogP contribution < -0.4 is 5.32 Å². The lowest BCUT2D eigenvalue weighted by Gasteiger charge is -2.05. The molecular weight excluding hydrogens is 321 g/mol. The van der Waals surface area contributed by atoms with Gasteiger partial charge in [-0.05, 0) is 36.8 Å². The normalized spacial score (nSPS) is 10.9. The first-order valence-electron chi connectivity index (χ1n) is 6.74. The lowest BCUT2D eigenvalue weighted by molar-refractivity contribution is -0.115. The zero-order valence-corrected chi connectivity index (χ0v) is 13.3. The van der Waals surface area contributed by atoms with Crippen LogP contribution in [0.1, 0.15) is 11.1 Å². The molecule has 0 atom stereocenters. The molecule has 3 nitrogen and oxygen atoms in total. The number of nitrogens with one attached hydrogen (secondary N) is 1. The van der Waals surface area contributed by atoms with Crippen molar-refractivity contribution in [1.82, 2.24) is 0 Å². The topological polar surface area (TPSA) is 42.2 Å². The smallest absolute Gasteiger partial charge is 0.228 e. The van der Waals surface area contributed by atoms with Crippen molar-refractivity contribution in [2.24, 2.45) is 0 Å². The molecule has 3 rings (SSSR count). The summed E-state index contributed by atoms with van der Waals surface area (Å²) in [6.45, 7) is 2.00. The summed E-state index contributed by atoms with van der Waals surface area (Å²) in [7, 11) is 0. The Balaban J connectivity index is 1.76. The molecule has 2 aromatic carbocycles. The molecule has 1 amide bonds. The molecule has 1 heterocycles. The highest BCUT2D eigenvalue weighted by Gasteiger charge is 2.11. The van der Waals surface area contributed by atoms with Crippen molar-refractivity contribution in [3.05, 3.63) is 63.8 Å². The third-order valence-electron chi connectivity index (χ3n) is 3.37. The Labute approximate surface area is 137 Å². The van der Waals surface area contributed by atoms with Gasteiger partial charge in [0, 0.05) is 16.6 Å². The monoisotopic (exact) mass is 333 g/mol. The third kappa shape index (κ3) is 3.11. The number of benzene rings is 2. The van der Waals surface area contributed by atoms with Crippen LogP contribution >= 0.6 is 23.2 Å². The average Bonchev–Trinajstić information content (AvgIpc) is 2.85. The number of carbonyl (C=O) groups excluding carboxylic acids is 1. The van der Waals surface area contributed by atoms with E-state index in [4.69, 9.17) is 27.6 Å². The van der Waals surface area contributed by atoms with Gasteiger partial charge in [-0.25, -0.2) is 0 Å². The SMILES string of the molecule is Cc1ccc2c(CC(=O)Nc3ccc(Cl)c(Cl)c3)coc2c1. The van der Waals surface area contributed by atoms with Gasteiger partial charge in [-0.1, -0.05) is 35.3 Å². The number of aryl methyl sites for hydroxylation is 1. The molecule has 0 unspecified atom stereocenters. The van der Waals surface area contributed by atoms with Crippen LogP contribution in [0.5, 0.6) is 0 Å². The largest absolute Gasteiger partial charge is 0.464 e. The van der Waals surface area contributed by atoms with E-state index in [1.165, 1.54) is 0 Å². The van der Waals surface area contributed by atoms with Gasteiger partial charge in [0.25, 0.3) is 0 Å². The van der Waals surface area contributed by atoms with Crippen LogP contribution in [-0.4, -0.2) is 5.91 Å². The predicted octanol–water partition coefficient (Wildman–Crippen LogP) is 5.23. The number of carbonyl (C=O) groups is 1. The van der Waals surface area contributed by atoms with Crippen LogP contribution in [0, 0.1) is 6.92 Å². The molecule has 3 aromatic rings. The molecule has 0 aliphatic heterocycles. The lowest BCUT2D eigenvalue weighted by Crippen LogP contribution is -2.14. The predicted molar refractivity (Wildman–Crippen MR) is 89.7 cm³/mol. The quantitative estimate of drug-likeness (QED) is 0.713. The first-order valence-corrected chi connectivity index (χ1v) is 7.50. The molecule has 0 aliphatic rings. The second-order valence-electron chi connectivity index (χ2n) is 5.11. The van der Waals surface area contributed by atoms with Crippen molar-refractivity contribution < 1.29 is 9.21 Å². The molecule has 1 aromatic heterocycles. The van der Waals surface area contributed by atoms with Crippen LogP contribution in [0.3, 0.4) is 0 Å². The number of amides is 1. The van der Waals surface area contributed by atoms with Crippen LogP contribution in [0.2, 0.25) is 10.0 Å². The van der Waals surface area contributed by atoms with E-state index in [1.807, 2.05) is 25.1 Å². The summed E-state index contributed by atoms with van der Waals surface area (Å²) in [4.78, 5) is 12.2. The first-order chi connectivity index (χ1) is 10.5. The van der Waals surface area contributed by atoms with E-state index >= 15 is 0 Å². The van der Waals surface area contributed by atoms with Crippen LogP contribution in [0.25, 0.3) is 11.0 Å². The van der Waals surface area contributed by atoms with Gasteiger partial charge >= 0.3 is 0 Å². The van der Waals surface area contributed by atoms with Gasteiger partial charge in [0.05, 0.1) is 22.7 Å². The Hall–Kier alpha value is -1.97. The van der Waals surface area contributed by atoms with E-state index < -0.39 is 0 Å². The zero-order valence-electron chi connectivity index (χ0n) is 11.8. The molecule has 0 saturated carbocycles. The lowest BCUT2D eigenvalue weighted by atomic mass is 10.1. The maximum Gasteiger partial charge on any atom is 0.228 e. The molecule has 0 radical (unpaired) electrons. The second kappa shape index (κ2) is 6.03. The summed E-state index contributed by atoms with van der Waals surface area (Å²) in [5.41, 5.74) is 3.38. The Bertz CT molecular complexity index is 855. The number of anilines is 1. The van der Waals surface area contributed by atoms with Gasteiger partial charge in [0.2, 0.25) is 5.91 Å². The minimum absolute atomic E-state index is 0.137. The Morgan fingerprint density at radius 3 is 2.73 bits per heavy atom. The van der Waals surface area contributed by atoms with Crippen LogP contribution in [-0.2, 0) is 11.2 Å². The summed E-state index contributed by atoms with van der Waals surface area (Å²) in [5.74, 6) is -0.137. The van der Waals surface area contributed by atoms with Crippen molar-refractivity contribution in [3.63, 3.8) is 0 Å². The standard InChI is InChI=1S/C17H13Cl2NO2/c1-10-2-4-13-11(9-22-16(13)6-10)7-17(21)20-12-3-5-14(18)15(19)8-12/h2-6,8-9H,7H2,1H3,(H,20,21). The Morgan fingerprint density at radius 1 is 1.14 bits per heavy atom. The Kier molecular flexibility index (Phi) is 4.10. The molecule has 0 aliphatic carbocycles. The molecule has 22 heavy (non-hydrogen) atoms. The minimum Gasteiger partial charge on any atom is -0.464 e. The fraction of sp³-hybridized carbons (Fsp3) is 0.118. The highest BCUT2D eigenvalue weighted by molar-refractivity contribution is 6.42. The maximum absolute atomic E-state index is 12.2. The Morgan fingerprint density at radius 2 is 1.95 bits per heavy atom. The highest BCUT2D eigenvalue weighted by Crippen LogP contribution is 2.26. The molecule has 0 fully saturated rings. The number of hydrogen-bond acceptors (Lipinski definition) is 2. The third-order valence-corrected chi connectivity index (χ3v) is 4.10. The van der Waals surface area contributed by atoms with Gasteiger partial charge in [-0.2, -0.15) is 0 Å². The van der Waals surface area contributed by atoms with Gasteiger partial charge in [-0.15, -0.1) is 0 Å². The molecule has 0 bridgehead atoms. The van der Waals surface area contributed by atoms with Gasteiger partial charge < -0.3 is 9.73 Å². The molecule has 1 N–H and O–H groups in total. The highest BCUT2D eigenvalue weighted by atomic mass is 35.5. The second-order valence-corrected chi connectivity index (χ2v) is 5.93. The van der Waals surface area contributed by atoms with E-state index in [2.05, 4.69) is 5.32 Å². The molecule has 0 spiro atoms. The number of rotatable bonds is 3. The molecule has 5 heteroatoms. The summed E-state index contributed by atoms with van der Waals surface area (Å²) in [5, 5.41) is 4.61. The summed E-state index contributed by atoms with van der Waals surface area (Å²) >= 11 is 11.8. The summed E-state index contributed by atoms with van der Waals surface area (Å²) < 4.78 is 5.50. The van der Waals surface area contributed by atoms with Crippen molar-refractivity contribution >= 4 is 45.8 Å². The molecular formula is C17H13Cl2NO2. The summed E-state index contributed by atoms with van der Waals surface area (Å²) in [6.07, 6.45) is 1.86. The van der Waals surface area contributed by atoms with Crippen LogP contribution in [0.4, 0.5) is 5.69 Å². The van der Waals surface area contributed by atoms with Crippen molar-refractivity contribution in [2.45, 2.75) is 13.3 Å². The number of fused-ring (bicyclic) bond motifs is 1. The minimum atomic E-state index is -0.137. The molecule has 0 saturated heterocycles. The number of furan rings is 1.